The van der Waals surface area contributed by atoms with E-state index in [0.29, 0.717) is 29.6 Å². The number of nitrogens with two attached hydrogens (primary N) is 1. The average Bonchev–Trinajstić information content (AvgIpc) is 2.32. The summed E-state index contributed by atoms with van der Waals surface area (Å²) in [5.74, 6) is 1.03. The number of halogens is 1. The number of ether oxygens (including phenoxy) is 1. The second-order valence-corrected chi connectivity index (χ2v) is 3.91. The minimum Gasteiger partial charge on any atom is -0.426 e. The van der Waals surface area contributed by atoms with E-state index in [1.807, 2.05) is 0 Å². The van der Waals surface area contributed by atoms with E-state index in [9.17, 15) is 4.79 Å². The van der Waals surface area contributed by atoms with Crippen molar-refractivity contribution in [2.45, 2.75) is 6.92 Å². The normalized spacial score (nSPS) is 10.0. The summed E-state index contributed by atoms with van der Waals surface area (Å²) in [5, 5.41) is 3.01. The van der Waals surface area contributed by atoms with Crippen LogP contribution in [0.4, 0.5) is 17.3 Å². The zero-order valence-electron chi connectivity index (χ0n) is 9.92. The number of nitrogen functional groups attached to an aromatic ring is 1. The molecule has 1 heterocycles. The topological polar surface area (TPSA) is 103 Å². The smallest absolute Gasteiger partial charge is 0.298 e. The summed E-state index contributed by atoms with van der Waals surface area (Å²) in [7, 11) is 0. The molecule has 0 spiro atoms. The fourth-order valence-corrected chi connectivity index (χ4v) is 1.60. The van der Waals surface area contributed by atoms with Crippen LogP contribution in [-0.4, -0.2) is 21.4 Å². The molecule has 0 saturated heterocycles. The van der Waals surface area contributed by atoms with Gasteiger partial charge in [-0.3, -0.25) is 4.79 Å². The van der Waals surface area contributed by atoms with Crippen LogP contribution in [0.3, 0.4) is 0 Å². The lowest BCUT2D eigenvalue weighted by molar-refractivity contribution is -0.120. The second kappa shape index (κ2) is 5.49. The standard InChI is InChI=1S/C11H10ClN5O2/c1-6-14-10(12)17-11(15-6)16-7-2-3-8(13)9(4-7)19-5-18/h2-5H,13H2,1H3,(H,14,15,16,17). The Labute approximate surface area is 113 Å². The van der Waals surface area contributed by atoms with E-state index in [1.54, 1.807) is 25.1 Å². The van der Waals surface area contributed by atoms with Gasteiger partial charge in [0.25, 0.3) is 6.47 Å². The third-order valence-corrected chi connectivity index (χ3v) is 2.33. The molecule has 7 nitrogen and oxygen atoms in total. The number of benzene rings is 1. The Morgan fingerprint density at radius 2 is 2.16 bits per heavy atom. The molecule has 0 saturated carbocycles. The van der Waals surface area contributed by atoms with Gasteiger partial charge in [-0.05, 0) is 30.7 Å². The number of carbonyl (C=O) groups is 1. The third kappa shape index (κ3) is 3.29. The maximum atomic E-state index is 10.3. The molecule has 0 aliphatic heterocycles. The molecular formula is C11H10ClN5O2. The van der Waals surface area contributed by atoms with Gasteiger partial charge in [-0.25, -0.2) is 4.98 Å². The van der Waals surface area contributed by atoms with Crippen LogP contribution in [0.1, 0.15) is 5.82 Å². The van der Waals surface area contributed by atoms with Crippen LogP contribution in [0.5, 0.6) is 5.75 Å². The zero-order valence-corrected chi connectivity index (χ0v) is 10.7. The number of aromatic nitrogens is 3. The predicted octanol–water partition coefficient (Wildman–Crippen LogP) is 1.69. The quantitative estimate of drug-likeness (QED) is 0.648. The number of rotatable bonds is 4. The van der Waals surface area contributed by atoms with E-state index < -0.39 is 0 Å². The highest BCUT2D eigenvalue weighted by Crippen LogP contribution is 2.26. The van der Waals surface area contributed by atoms with Crippen LogP contribution >= 0.6 is 11.6 Å². The van der Waals surface area contributed by atoms with Gasteiger partial charge in [0.05, 0.1) is 5.69 Å². The molecule has 2 rings (SSSR count). The summed E-state index contributed by atoms with van der Waals surface area (Å²) >= 11 is 5.73. The Morgan fingerprint density at radius 3 is 2.84 bits per heavy atom. The van der Waals surface area contributed by atoms with Gasteiger partial charge >= 0.3 is 0 Å². The fraction of sp³-hybridized carbons (Fsp3) is 0.0909. The third-order valence-electron chi connectivity index (χ3n) is 2.16. The molecule has 19 heavy (non-hydrogen) atoms. The lowest BCUT2D eigenvalue weighted by atomic mass is 10.2. The first kappa shape index (κ1) is 13.0. The number of carbonyl (C=O) groups excluding carboxylic acids is 1. The first-order valence-electron chi connectivity index (χ1n) is 5.23. The van der Waals surface area contributed by atoms with E-state index >= 15 is 0 Å². The molecule has 3 N–H and O–H groups in total. The second-order valence-electron chi connectivity index (χ2n) is 3.57. The van der Waals surface area contributed by atoms with E-state index in [0.717, 1.165) is 0 Å². The first-order valence-corrected chi connectivity index (χ1v) is 5.61. The molecule has 0 fully saturated rings. The molecule has 98 valence electrons. The Morgan fingerprint density at radius 1 is 1.37 bits per heavy atom. The molecule has 0 unspecified atom stereocenters. The molecule has 8 heteroatoms. The highest BCUT2D eigenvalue weighted by atomic mass is 35.5. The summed E-state index contributed by atoms with van der Waals surface area (Å²) in [4.78, 5) is 22.2. The van der Waals surface area contributed by atoms with E-state index in [1.165, 1.54) is 0 Å². The number of anilines is 3. The molecule has 0 bridgehead atoms. The summed E-state index contributed by atoms with van der Waals surface area (Å²) in [5.41, 5.74) is 6.60. The van der Waals surface area contributed by atoms with Gasteiger partial charge in [0.2, 0.25) is 11.2 Å². The number of aryl methyl sites for hydroxylation is 1. The molecule has 2 aromatic rings. The Bertz CT molecular complexity index is 600. The van der Waals surface area contributed by atoms with Crippen molar-refractivity contribution in [3.63, 3.8) is 0 Å². The van der Waals surface area contributed by atoms with Crippen LogP contribution in [0.25, 0.3) is 0 Å². The fourth-order valence-electron chi connectivity index (χ4n) is 1.40. The minimum absolute atomic E-state index is 0.0924. The van der Waals surface area contributed by atoms with Crippen LogP contribution in [0, 0.1) is 6.92 Å². The predicted molar refractivity (Wildman–Crippen MR) is 70.4 cm³/mol. The van der Waals surface area contributed by atoms with Gasteiger partial charge in [0, 0.05) is 11.8 Å². The maximum Gasteiger partial charge on any atom is 0.298 e. The van der Waals surface area contributed by atoms with Crippen molar-refractivity contribution in [3.05, 3.63) is 29.3 Å². The zero-order chi connectivity index (χ0) is 13.8. The lowest BCUT2D eigenvalue weighted by Gasteiger charge is -2.08. The molecule has 1 aromatic heterocycles. The molecule has 0 aliphatic carbocycles. The van der Waals surface area contributed by atoms with Crippen molar-refractivity contribution >= 4 is 35.4 Å². The average molecular weight is 280 g/mol. The van der Waals surface area contributed by atoms with Gasteiger partial charge in [-0.1, -0.05) is 0 Å². The van der Waals surface area contributed by atoms with Gasteiger partial charge in [0.1, 0.15) is 5.82 Å². The van der Waals surface area contributed by atoms with Crippen molar-refractivity contribution in [1.82, 2.24) is 15.0 Å². The van der Waals surface area contributed by atoms with Crippen LogP contribution < -0.4 is 15.8 Å². The largest absolute Gasteiger partial charge is 0.426 e. The van der Waals surface area contributed by atoms with E-state index in [-0.39, 0.29) is 11.0 Å². The SMILES string of the molecule is Cc1nc(Cl)nc(Nc2ccc(N)c(OC=O)c2)n1. The molecular weight excluding hydrogens is 270 g/mol. The first-order chi connectivity index (χ1) is 9.08. The highest BCUT2D eigenvalue weighted by molar-refractivity contribution is 6.28. The monoisotopic (exact) mass is 279 g/mol. The maximum absolute atomic E-state index is 10.3. The Hall–Kier alpha value is -2.41. The summed E-state index contributed by atoms with van der Waals surface area (Å²) < 4.78 is 4.74. The number of hydrogen-bond donors (Lipinski definition) is 2. The molecule has 0 amide bonds. The molecule has 0 radical (unpaired) electrons. The van der Waals surface area contributed by atoms with Crippen LogP contribution in [-0.2, 0) is 4.79 Å². The number of nitrogens with one attached hydrogen (secondary N) is 1. The van der Waals surface area contributed by atoms with Gasteiger partial charge in [0.15, 0.2) is 5.75 Å². The van der Waals surface area contributed by atoms with Crippen molar-refractivity contribution in [1.29, 1.82) is 0 Å². The highest BCUT2D eigenvalue weighted by Gasteiger charge is 2.05. The van der Waals surface area contributed by atoms with Crippen molar-refractivity contribution in [2.75, 3.05) is 11.1 Å². The van der Waals surface area contributed by atoms with Crippen LogP contribution in [0.2, 0.25) is 5.28 Å². The van der Waals surface area contributed by atoms with Gasteiger partial charge < -0.3 is 15.8 Å². The summed E-state index contributed by atoms with van der Waals surface area (Å²) in [6.45, 7) is 2.00. The van der Waals surface area contributed by atoms with Crippen molar-refractivity contribution in [2.24, 2.45) is 0 Å². The van der Waals surface area contributed by atoms with Crippen molar-refractivity contribution in [3.8, 4) is 5.75 Å². The van der Waals surface area contributed by atoms with Gasteiger partial charge in [-0.15, -0.1) is 0 Å². The number of nitrogens with zero attached hydrogens (tertiary/aromatic N) is 3. The van der Waals surface area contributed by atoms with Crippen molar-refractivity contribution < 1.29 is 9.53 Å². The van der Waals surface area contributed by atoms with E-state index in [4.69, 9.17) is 22.1 Å². The van der Waals surface area contributed by atoms with Gasteiger partial charge in [-0.2, -0.15) is 9.97 Å². The lowest BCUT2D eigenvalue weighted by Crippen LogP contribution is -2.02. The molecule has 0 atom stereocenters. The summed E-state index contributed by atoms with van der Waals surface area (Å²) in [6, 6.07) is 4.84. The van der Waals surface area contributed by atoms with E-state index in [2.05, 4.69) is 20.3 Å². The Balaban J connectivity index is 2.27. The molecule has 1 aromatic carbocycles. The minimum atomic E-state index is 0.0924. The van der Waals surface area contributed by atoms with Crippen LogP contribution in [0.15, 0.2) is 18.2 Å². The summed E-state index contributed by atoms with van der Waals surface area (Å²) in [6.07, 6.45) is 0. The Kier molecular flexibility index (Phi) is 3.76. The molecule has 0 aliphatic rings. The number of hydrogen-bond acceptors (Lipinski definition) is 7.